The normalized spacial score (nSPS) is 14.0. The molecule has 1 atom stereocenters. The van der Waals surface area contributed by atoms with Crippen LogP contribution in [-0.4, -0.2) is 26.5 Å². The molecular weight excluding hydrogens is 310 g/mol. The standard InChI is InChI=1S/C10H16BrNO2S2/c1-7-4-9(15-10(7)11)5-12-8(2)6-16(3,13)14/h4,8,12H,5-6H2,1-3H3. The minimum Gasteiger partial charge on any atom is -0.308 e. The number of nitrogens with one attached hydrogen (secondary N) is 1. The first-order valence-electron chi connectivity index (χ1n) is 4.94. The van der Waals surface area contributed by atoms with E-state index >= 15 is 0 Å². The lowest BCUT2D eigenvalue weighted by Gasteiger charge is -2.11. The third-order valence-corrected chi connectivity index (χ3v) is 5.33. The Kier molecular flexibility index (Phi) is 4.97. The van der Waals surface area contributed by atoms with Crippen LogP contribution < -0.4 is 5.32 Å². The van der Waals surface area contributed by atoms with Crippen molar-refractivity contribution in [2.24, 2.45) is 0 Å². The minimum atomic E-state index is -2.90. The Morgan fingerprint density at radius 2 is 2.19 bits per heavy atom. The second kappa shape index (κ2) is 5.62. The number of rotatable bonds is 5. The van der Waals surface area contributed by atoms with E-state index in [2.05, 4.69) is 27.3 Å². The van der Waals surface area contributed by atoms with E-state index in [0.717, 1.165) is 3.79 Å². The van der Waals surface area contributed by atoms with E-state index in [4.69, 9.17) is 0 Å². The zero-order chi connectivity index (χ0) is 12.3. The fourth-order valence-corrected chi connectivity index (χ4v) is 4.00. The van der Waals surface area contributed by atoms with Crippen LogP contribution >= 0.6 is 27.3 Å². The summed E-state index contributed by atoms with van der Waals surface area (Å²) in [4.78, 5) is 1.21. The summed E-state index contributed by atoms with van der Waals surface area (Å²) in [6.45, 7) is 4.65. The van der Waals surface area contributed by atoms with Crippen LogP contribution in [0.4, 0.5) is 0 Å². The smallest absolute Gasteiger partial charge is 0.148 e. The average Bonchev–Trinajstić information content (AvgIpc) is 2.40. The first-order valence-corrected chi connectivity index (χ1v) is 8.61. The van der Waals surface area contributed by atoms with Gasteiger partial charge in [0.1, 0.15) is 9.84 Å². The Labute approximate surface area is 109 Å². The highest BCUT2D eigenvalue weighted by atomic mass is 79.9. The molecule has 0 spiro atoms. The van der Waals surface area contributed by atoms with E-state index in [1.165, 1.54) is 16.7 Å². The summed E-state index contributed by atoms with van der Waals surface area (Å²) in [5.41, 5.74) is 1.22. The molecule has 1 aromatic rings. The molecule has 1 N–H and O–H groups in total. The van der Waals surface area contributed by atoms with Gasteiger partial charge in [0.2, 0.25) is 0 Å². The molecule has 0 saturated carbocycles. The summed E-state index contributed by atoms with van der Waals surface area (Å²) in [5.74, 6) is 0.179. The van der Waals surface area contributed by atoms with Crippen LogP contribution in [0.15, 0.2) is 9.85 Å². The van der Waals surface area contributed by atoms with E-state index in [1.807, 2.05) is 13.8 Å². The first kappa shape index (κ1) is 14.2. The number of hydrogen-bond donors (Lipinski definition) is 1. The molecule has 0 aliphatic rings. The SMILES string of the molecule is Cc1cc(CNC(C)CS(C)(=O)=O)sc1Br. The van der Waals surface area contributed by atoms with Gasteiger partial charge in [0.15, 0.2) is 0 Å². The van der Waals surface area contributed by atoms with Crippen molar-refractivity contribution in [2.45, 2.75) is 26.4 Å². The number of hydrogen-bond acceptors (Lipinski definition) is 4. The predicted octanol–water partition coefficient (Wildman–Crippen LogP) is 2.34. The lowest BCUT2D eigenvalue weighted by atomic mass is 10.3. The van der Waals surface area contributed by atoms with Crippen molar-refractivity contribution in [1.29, 1.82) is 0 Å². The van der Waals surface area contributed by atoms with Crippen LogP contribution in [0.5, 0.6) is 0 Å². The molecule has 1 rings (SSSR count). The zero-order valence-corrected chi connectivity index (χ0v) is 12.8. The Morgan fingerprint density at radius 3 is 2.62 bits per heavy atom. The van der Waals surface area contributed by atoms with Gasteiger partial charge in [-0.15, -0.1) is 11.3 Å². The maximum absolute atomic E-state index is 11.1. The van der Waals surface area contributed by atoms with Crippen LogP contribution in [0.25, 0.3) is 0 Å². The fraction of sp³-hybridized carbons (Fsp3) is 0.600. The number of sulfone groups is 1. The van der Waals surface area contributed by atoms with Gasteiger partial charge in [-0.05, 0) is 41.4 Å². The summed E-state index contributed by atoms with van der Waals surface area (Å²) in [5, 5.41) is 3.21. The number of thiophene rings is 1. The number of halogens is 1. The van der Waals surface area contributed by atoms with Gasteiger partial charge in [-0.2, -0.15) is 0 Å². The van der Waals surface area contributed by atoms with E-state index < -0.39 is 9.84 Å². The van der Waals surface area contributed by atoms with Crippen molar-refractivity contribution in [1.82, 2.24) is 5.32 Å². The van der Waals surface area contributed by atoms with Gasteiger partial charge in [-0.1, -0.05) is 0 Å². The Hall–Kier alpha value is 0.0900. The predicted molar refractivity (Wildman–Crippen MR) is 72.8 cm³/mol. The molecule has 0 fully saturated rings. The van der Waals surface area contributed by atoms with E-state index in [0.29, 0.717) is 6.54 Å². The van der Waals surface area contributed by atoms with Crippen molar-refractivity contribution in [2.75, 3.05) is 12.0 Å². The van der Waals surface area contributed by atoms with Crippen molar-refractivity contribution >= 4 is 37.1 Å². The lowest BCUT2D eigenvalue weighted by molar-refractivity contribution is 0.562. The van der Waals surface area contributed by atoms with E-state index in [-0.39, 0.29) is 11.8 Å². The second-order valence-electron chi connectivity index (χ2n) is 4.04. The van der Waals surface area contributed by atoms with Gasteiger partial charge < -0.3 is 5.32 Å². The summed E-state index contributed by atoms with van der Waals surface area (Å²) >= 11 is 5.15. The molecule has 3 nitrogen and oxygen atoms in total. The molecule has 1 unspecified atom stereocenters. The van der Waals surface area contributed by atoms with Crippen molar-refractivity contribution in [3.05, 3.63) is 20.3 Å². The maximum atomic E-state index is 11.1. The van der Waals surface area contributed by atoms with Gasteiger partial charge in [0, 0.05) is 23.7 Å². The molecule has 0 saturated heterocycles. The largest absolute Gasteiger partial charge is 0.308 e. The summed E-state index contributed by atoms with van der Waals surface area (Å²) in [7, 11) is -2.90. The molecule has 0 amide bonds. The highest BCUT2D eigenvalue weighted by Gasteiger charge is 2.10. The molecule has 0 aliphatic heterocycles. The molecule has 0 radical (unpaired) electrons. The molecule has 92 valence electrons. The molecule has 6 heteroatoms. The molecule has 0 bridgehead atoms. The quantitative estimate of drug-likeness (QED) is 0.903. The Bertz CT molecular complexity index is 434. The van der Waals surface area contributed by atoms with Gasteiger partial charge in [-0.3, -0.25) is 0 Å². The van der Waals surface area contributed by atoms with E-state index in [1.54, 1.807) is 11.3 Å². The topological polar surface area (TPSA) is 46.2 Å². The van der Waals surface area contributed by atoms with Crippen LogP contribution in [0.3, 0.4) is 0 Å². The van der Waals surface area contributed by atoms with Crippen molar-refractivity contribution in [3.63, 3.8) is 0 Å². The van der Waals surface area contributed by atoms with Gasteiger partial charge in [0.05, 0.1) is 9.54 Å². The van der Waals surface area contributed by atoms with E-state index in [9.17, 15) is 8.42 Å². The highest BCUT2D eigenvalue weighted by molar-refractivity contribution is 9.11. The average molecular weight is 326 g/mol. The monoisotopic (exact) mass is 325 g/mol. The molecular formula is C10H16BrNO2S2. The lowest BCUT2D eigenvalue weighted by Crippen LogP contribution is -2.31. The summed E-state index contributed by atoms with van der Waals surface area (Å²) < 4.78 is 23.3. The van der Waals surface area contributed by atoms with Gasteiger partial charge >= 0.3 is 0 Å². The maximum Gasteiger partial charge on any atom is 0.148 e. The van der Waals surface area contributed by atoms with Gasteiger partial charge in [0.25, 0.3) is 0 Å². The van der Waals surface area contributed by atoms with Crippen LogP contribution in [0.2, 0.25) is 0 Å². The zero-order valence-electron chi connectivity index (χ0n) is 9.58. The second-order valence-corrected chi connectivity index (χ2v) is 8.68. The molecule has 0 aromatic carbocycles. The molecule has 16 heavy (non-hydrogen) atoms. The van der Waals surface area contributed by atoms with Crippen LogP contribution in [0.1, 0.15) is 17.4 Å². The minimum absolute atomic E-state index is 0.0174. The molecule has 1 aromatic heterocycles. The summed E-state index contributed by atoms with van der Waals surface area (Å²) in [6.07, 6.45) is 1.26. The van der Waals surface area contributed by atoms with Crippen LogP contribution in [0, 0.1) is 6.92 Å². The van der Waals surface area contributed by atoms with Crippen molar-refractivity contribution < 1.29 is 8.42 Å². The Morgan fingerprint density at radius 1 is 1.56 bits per heavy atom. The molecule has 0 aliphatic carbocycles. The number of aryl methyl sites for hydroxylation is 1. The highest BCUT2D eigenvalue weighted by Crippen LogP contribution is 2.27. The fourth-order valence-electron chi connectivity index (χ4n) is 1.40. The van der Waals surface area contributed by atoms with Crippen molar-refractivity contribution in [3.8, 4) is 0 Å². The Balaban J connectivity index is 2.46. The summed E-state index contributed by atoms with van der Waals surface area (Å²) in [6, 6.07) is 2.09. The first-order chi connectivity index (χ1) is 7.28. The molecule has 1 heterocycles. The third kappa shape index (κ3) is 4.95. The van der Waals surface area contributed by atoms with Gasteiger partial charge in [-0.25, -0.2) is 8.42 Å². The van der Waals surface area contributed by atoms with Crippen LogP contribution in [-0.2, 0) is 16.4 Å². The third-order valence-electron chi connectivity index (χ3n) is 2.09.